The van der Waals surface area contributed by atoms with Gasteiger partial charge in [0.1, 0.15) is 5.75 Å². The Morgan fingerprint density at radius 2 is 1.59 bits per heavy atom. The van der Waals surface area contributed by atoms with Crippen LogP contribution in [-0.4, -0.2) is 22.0 Å². The zero-order chi connectivity index (χ0) is 22.7. The van der Waals surface area contributed by atoms with Crippen LogP contribution in [0.5, 0.6) is 5.75 Å². The van der Waals surface area contributed by atoms with E-state index < -0.39 is 5.97 Å². The van der Waals surface area contributed by atoms with Crippen LogP contribution in [0, 0.1) is 0 Å². The molecule has 0 N–H and O–H groups in total. The van der Waals surface area contributed by atoms with Gasteiger partial charge in [0.05, 0.1) is 17.0 Å². The van der Waals surface area contributed by atoms with Crippen molar-refractivity contribution in [2.75, 3.05) is 0 Å². The molecule has 0 aromatic heterocycles. The van der Waals surface area contributed by atoms with Crippen molar-refractivity contribution in [1.29, 1.82) is 0 Å². The number of hydrogen-bond acceptors (Lipinski definition) is 5. The van der Waals surface area contributed by atoms with E-state index in [1.807, 2.05) is 0 Å². The molecule has 1 saturated heterocycles. The first-order chi connectivity index (χ1) is 15.4. The number of carbonyl (C=O) groups excluding carboxylic acids is 3. The highest BCUT2D eigenvalue weighted by Gasteiger charge is 2.35. The summed E-state index contributed by atoms with van der Waals surface area (Å²) in [5.74, 6) is -0.584. The van der Waals surface area contributed by atoms with Gasteiger partial charge in [-0.25, -0.2) is 4.79 Å². The SMILES string of the molecule is O=C(Oc1cccc(/C=C2\SC(=O)N(Cc3ccc(Cl)cc3)C2=O)c1)c1ccc(Cl)cc1. The first kappa shape index (κ1) is 22.1. The molecule has 2 amide bonds. The second kappa shape index (κ2) is 9.61. The summed E-state index contributed by atoms with van der Waals surface area (Å²) in [7, 11) is 0. The summed E-state index contributed by atoms with van der Waals surface area (Å²) in [6.07, 6.45) is 1.60. The average Bonchev–Trinajstić information content (AvgIpc) is 3.03. The van der Waals surface area contributed by atoms with Gasteiger partial charge in [-0.2, -0.15) is 0 Å². The zero-order valence-electron chi connectivity index (χ0n) is 16.5. The standard InChI is InChI=1S/C24H15Cl2NO4S/c25-18-8-4-15(5-9-18)14-27-22(28)21(32-24(27)30)13-16-2-1-3-20(12-16)31-23(29)17-6-10-19(26)11-7-17/h1-13H,14H2/b21-13-. The van der Waals surface area contributed by atoms with Gasteiger partial charge in [-0.3, -0.25) is 14.5 Å². The Kier molecular flexibility index (Phi) is 6.65. The lowest BCUT2D eigenvalue weighted by Crippen LogP contribution is -2.27. The monoisotopic (exact) mass is 483 g/mol. The van der Waals surface area contributed by atoms with Gasteiger partial charge >= 0.3 is 5.97 Å². The molecule has 3 aromatic carbocycles. The molecule has 0 atom stereocenters. The minimum Gasteiger partial charge on any atom is -0.423 e. The summed E-state index contributed by atoms with van der Waals surface area (Å²) in [6, 6.07) is 20.0. The van der Waals surface area contributed by atoms with Crippen molar-refractivity contribution in [1.82, 2.24) is 4.90 Å². The van der Waals surface area contributed by atoms with Crippen LogP contribution in [0.4, 0.5) is 4.79 Å². The van der Waals surface area contributed by atoms with Crippen LogP contribution in [0.25, 0.3) is 6.08 Å². The molecule has 0 unspecified atom stereocenters. The van der Waals surface area contributed by atoms with Crippen LogP contribution < -0.4 is 4.74 Å². The van der Waals surface area contributed by atoms with Gasteiger partial charge in [0.15, 0.2) is 0 Å². The van der Waals surface area contributed by atoms with E-state index in [9.17, 15) is 14.4 Å². The van der Waals surface area contributed by atoms with Crippen LogP contribution in [0.2, 0.25) is 10.0 Å². The number of carbonyl (C=O) groups is 3. The number of amides is 2. The minimum atomic E-state index is -0.526. The number of nitrogens with zero attached hydrogens (tertiary/aromatic N) is 1. The molecule has 5 nitrogen and oxygen atoms in total. The predicted octanol–water partition coefficient (Wildman–Crippen LogP) is 6.45. The summed E-state index contributed by atoms with van der Waals surface area (Å²) in [6.45, 7) is 0.165. The van der Waals surface area contributed by atoms with E-state index in [1.165, 1.54) is 4.90 Å². The van der Waals surface area contributed by atoms with E-state index in [0.29, 0.717) is 31.8 Å². The third-order valence-corrected chi connectivity index (χ3v) is 5.99. The molecule has 0 aliphatic carbocycles. The molecule has 3 aromatic rings. The molecule has 0 spiro atoms. The van der Waals surface area contributed by atoms with Crippen molar-refractivity contribution in [2.45, 2.75) is 6.54 Å². The fourth-order valence-corrected chi connectivity index (χ4v) is 4.07. The number of hydrogen-bond donors (Lipinski definition) is 0. The number of benzene rings is 3. The highest BCUT2D eigenvalue weighted by Crippen LogP contribution is 2.34. The topological polar surface area (TPSA) is 63.7 Å². The van der Waals surface area contributed by atoms with Gasteiger partial charge in [0.2, 0.25) is 0 Å². The summed E-state index contributed by atoms with van der Waals surface area (Å²) in [5, 5.41) is 0.759. The maximum absolute atomic E-state index is 12.8. The lowest BCUT2D eigenvalue weighted by atomic mass is 10.2. The predicted molar refractivity (Wildman–Crippen MR) is 126 cm³/mol. The zero-order valence-corrected chi connectivity index (χ0v) is 18.8. The maximum atomic E-state index is 12.8. The molecular formula is C24H15Cl2NO4S. The molecule has 8 heteroatoms. The largest absolute Gasteiger partial charge is 0.423 e. The second-order valence-electron chi connectivity index (χ2n) is 6.86. The highest BCUT2D eigenvalue weighted by molar-refractivity contribution is 8.18. The molecular weight excluding hydrogens is 469 g/mol. The molecule has 0 radical (unpaired) electrons. The van der Waals surface area contributed by atoms with E-state index in [1.54, 1.807) is 78.9 Å². The molecule has 1 heterocycles. The van der Waals surface area contributed by atoms with E-state index in [2.05, 4.69) is 0 Å². The van der Waals surface area contributed by atoms with Crippen LogP contribution in [0.1, 0.15) is 21.5 Å². The first-order valence-electron chi connectivity index (χ1n) is 9.47. The third kappa shape index (κ3) is 5.22. The van der Waals surface area contributed by atoms with Crippen molar-refractivity contribution >= 4 is 58.2 Å². The molecule has 1 aliphatic rings. The highest BCUT2D eigenvalue weighted by atomic mass is 35.5. The normalized spacial score (nSPS) is 14.8. The van der Waals surface area contributed by atoms with Crippen molar-refractivity contribution in [3.63, 3.8) is 0 Å². The minimum absolute atomic E-state index is 0.165. The van der Waals surface area contributed by atoms with Crippen molar-refractivity contribution < 1.29 is 19.1 Å². The molecule has 160 valence electrons. The third-order valence-electron chi connectivity index (χ3n) is 4.57. The van der Waals surface area contributed by atoms with Crippen LogP contribution in [0.3, 0.4) is 0 Å². The Morgan fingerprint density at radius 3 is 2.28 bits per heavy atom. The molecule has 0 bridgehead atoms. The van der Waals surface area contributed by atoms with Gasteiger partial charge in [0.25, 0.3) is 11.1 Å². The Morgan fingerprint density at radius 1 is 0.938 bits per heavy atom. The quantitative estimate of drug-likeness (QED) is 0.237. The lowest BCUT2D eigenvalue weighted by molar-refractivity contribution is -0.123. The Bertz CT molecular complexity index is 1220. The van der Waals surface area contributed by atoms with E-state index >= 15 is 0 Å². The smallest absolute Gasteiger partial charge is 0.343 e. The number of imide groups is 1. The van der Waals surface area contributed by atoms with Gasteiger partial charge in [-0.05, 0) is 77.5 Å². The van der Waals surface area contributed by atoms with E-state index in [0.717, 1.165) is 17.3 Å². The van der Waals surface area contributed by atoms with Crippen LogP contribution in [0.15, 0.2) is 77.7 Å². The molecule has 0 saturated carbocycles. The van der Waals surface area contributed by atoms with Gasteiger partial charge in [-0.15, -0.1) is 0 Å². The second-order valence-corrected chi connectivity index (χ2v) is 8.73. The number of ether oxygens (including phenoxy) is 1. The maximum Gasteiger partial charge on any atom is 0.343 e. The molecule has 1 fully saturated rings. The van der Waals surface area contributed by atoms with Gasteiger partial charge in [-0.1, -0.05) is 47.5 Å². The Labute approximate surface area is 198 Å². The average molecular weight is 484 g/mol. The Balaban J connectivity index is 1.48. The number of thioether (sulfide) groups is 1. The van der Waals surface area contributed by atoms with E-state index in [4.69, 9.17) is 27.9 Å². The fraction of sp³-hybridized carbons (Fsp3) is 0.0417. The number of rotatable bonds is 5. The van der Waals surface area contributed by atoms with Crippen molar-refractivity contribution in [3.05, 3.63) is 104 Å². The van der Waals surface area contributed by atoms with Crippen molar-refractivity contribution in [3.8, 4) is 5.75 Å². The fourth-order valence-electron chi connectivity index (χ4n) is 2.98. The number of halogens is 2. The van der Waals surface area contributed by atoms with E-state index in [-0.39, 0.29) is 17.7 Å². The summed E-state index contributed by atoms with van der Waals surface area (Å²) in [4.78, 5) is 38.9. The lowest BCUT2D eigenvalue weighted by Gasteiger charge is -2.12. The summed E-state index contributed by atoms with van der Waals surface area (Å²) in [5.41, 5.74) is 1.79. The molecule has 1 aliphatic heterocycles. The Hall–Kier alpha value is -3.06. The summed E-state index contributed by atoms with van der Waals surface area (Å²) < 4.78 is 5.41. The molecule has 4 rings (SSSR count). The van der Waals surface area contributed by atoms with Crippen LogP contribution >= 0.6 is 35.0 Å². The van der Waals surface area contributed by atoms with Crippen molar-refractivity contribution in [2.24, 2.45) is 0 Å². The molecule has 32 heavy (non-hydrogen) atoms. The number of esters is 1. The van der Waals surface area contributed by atoms with Crippen LogP contribution in [-0.2, 0) is 11.3 Å². The van der Waals surface area contributed by atoms with Gasteiger partial charge in [0, 0.05) is 10.0 Å². The first-order valence-corrected chi connectivity index (χ1v) is 11.0. The summed E-state index contributed by atoms with van der Waals surface area (Å²) >= 11 is 12.6. The van der Waals surface area contributed by atoms with Gasteiger partial charge < -0.3 is 4.74 Å².